The summed E-state index contributed by atoms with van der Waals surface area (Å²) in [5, 5.41) is 11.1. The van der Waals surface area contributed by atoms with Crippen molar-refractivity contribution in [3.05, 3.63) is 51.6 Å². The molecule has 0 radical (unpaired) electrons. The van der Waals surface area contributed by atoms with Crippen LogP contribution in [0.5, 0.6) is 0 Å². The van der Waals surface area contributed by atoms with Gasteiger partial charge in [-0.1, -0.05) is 17.7 Å². The summed E-state index contributed by atoms with van der Waals surface area (Å²) in [5.74, 6) is -4.99. The molecule has 1 aliphatic carbocycles. The first-order valence-electron chi connectivity index (χ1n) is 8.61. The Morgan fingerprint density at radius 2 is 1.70 bits per heavy atom. The Balaban J connectivity index is 2.63. The number of ketones is 1. The zero-order valence-corrected chi connectivity index (χ0v) is 15.3. The van der Waals surface area contributed by atoms with E-state index in [1.54, 1.807) is 26.8 Å². The van der Waals surface area contributed by atoms with E-state index in [4.69, 9.17) is 9.47 Å². The van der Waals surface area contributed by atoms with E-state index in [0.29, 0.717) is 11.1 Å². The number of nitro groups is 1. The number of hydrogen-bond donors (Lipinski definition) is 0. The summed E-state index contributed by atoms with van der Waals surface area (Å²) >= 11 is 0. The molecule has 0 saturated carbocycles. The van der Waals surface area contributed by atoms with Gasteiger partial charge >= 0.3 is 11.9 Å². The van der Waals surface area contributed by atoms with Gasteiger partial charge in [0.25, 0.3) is 5.69 Å². The van der Waals surface area contributed by atoms with Gasteiger partial charge in [0.05, 0.1) is 24.1 Å². The van der Waals surface area contributed by atoms with E-state index < -0.39 is 40.4 Å². The maximum absolute atomic E-state index is 12.6. The van der Waals surface area contributed by atoms with Crippen LogP contribution in [0.1, 0.15) is 32.3 Å². The second-order valence-corrected chi connectivity index (χ2v) is 6.13. The molecule has 8 heteroatoms. The van der Waals surface area contributed by atoms with E-state index in [9.17, 15) is 24.5 Å². The van der Waals surface area contributed by atoms with Crippen LogP contribution < -0.4 is 0 Å². The quantitative estimate of drug-likeness (QED) is 0.325. The molecule has 3 atom stereocenters. The van der Waals surface area contributed by atoms with E-state index in [-0.39, 0.29) is 18.9 Å². The molecule has 8 nitrogen and oxygen atoms in total. The SMILES string of the molecule is CCOC(=O)[C@@H]1C(C)=CC(=O)[C@@H](C(=O)OCC)[C@@H]1c1cccc([N+](=O)[O-])c1. The fraction of sp³-hybridized carbons (Fsp3) is 0.421. The van der Waals surface area contributed by atoms with Gasteiger partial charge in [-0.25, -0.2) is 0 Å². The number of rotatable bonds is 6. The van der Waals surface area contributed by atoms with Crippen molar-refractivity contribution in [2.24, 2.45) is 11.8 Å². The van der Waals surface area contributed by atoms with Crippen molar-refractivity contribution in [3.63, 3.8) is 0 Å². The molecule has 0 saturated heterocycles. The molecule has 0 bridgehead atoms. The lowest BCUT2D eigenvalue weighted by molar-refractivity contribution is -0.384. The largest absolute Gasteiger partial charge is 0.466 e. The third-order valence-corrected chi connectivity index (χ3v) is 4.43. The molecule has 0 aliphatic heterocycles. The Morgan fingerprint density at radius 3 is 2.26 bits per heavy atom. The molecule has 144 valence electrons. The minimum atomic E-state index is -1.27. The van der Waals surface area contributed by atoms with Crippen LogP contribution in [0.2, 0.25) is 0 Å². The predicted octanol–water partition coefficient (Wildman–Crippen LogP) is 2.57. The lowest BCUT2D eigenvalue weighted by atomic mass is 9.68. The molecule has 0 unspecified atom stereocenters. The number of nitro benzene ring substituents is 1. The number of ether oxygens (including phenoxy) is 2. The molecule has 1 aromatic carbocycles. The number of allylic oxidation sites excluding steroid dienone is 1. The summed E-state index contributed by atoms with van der Waals surface area (Å²) < 4.78 is 10.2. The Kier molecular flexibility index (Phi) is 6.44. The summed E-state index contributed by atoms with van der Waals surface area (Å²) in [5.41, 5.74) is 0.578. The third kappa shape index (κ3) is 4.21. The normalized spacial score (nSPS) is 22.0. The standard InChI is InChI=1S/C19H21NO7/c1-4-26-18(22)15-11(3)9-14(21)17(19(23)27-5-2)16(15)12-7-6-8-13(10-12)20(24)25/h6-10,15-17H,4-5H2,1-3H3/t15-,16-,17-/m1/s1. The number of esters is 2. The summed E-state index contributed by atoms with van der Waals surface area (Å²) in [7, 11) is 0. The van der Waals surface area contributed by atoms with Crippen molar-refractivity contribution in [1.29, 1.82) is 0 Å². The van der Waals surface area contributed by atoms with Crippen molar-refractivity contribution in [2.45, 2.75) is 26.7 Å². The minimum absolute atomic E-state index is 0.0665. The third-order valence-electron chi connectivity index (χ3n) is 4.43. The highest BCUT2D eigenvalue weighted by atomic mass is 16.6. The number of carbonyl (C=O) groups excluding carboxylic acids is 3. The van der Waals surface area contributed by atoms with E-state index in [2.05, 4.69) is 0 Å². The van der Waals surface area contributed by atoms with Crippen LogP contribution in [-0.2, 0) is 23.9 Å². The van der Waals surface area contributed by atoms with E-state index in [1.807, 2.05) is 0 Å². The first-order chi connectivity index (χ1) is 12.8. The smallest absolute Gasteiger partial charge is 0.317 e. The van der Waals surface area contributed by atoms with Crippen LogP contribution in [0.4, 0.5) is 5.69 Å². The fourth-order valence-corrected chi connectivity index (χ4v) is 3.35. The first kappa shape index (κ1) is 20.3. The van der Waals surface area contributed by atoms with Crippen LogP contribution >= 0.6 is 0 Å². The van der Waals surface area contributed by atoms with Gasteiger partial charge < -0.3 is 9.47 Å². The minimum Gasteiger partial charge on any atom is -0.466 e. The highest BCUT2D eigenvalue weighted by Crippen LogP contribution is 2.42. The Labute approximate surface area is 156 Å². The topological polar surface area (TPSA) is 113 Å². The van der Waals surface area contributed by atoms with Gasteiger partial charge in [0, 0.05) is 18.1 Å². The van der Waals surface area contributed by atoms with E-state index >= 15 is 0 Å². The highest BCUT2D eigenvalue weighted by molar-refractivity contribution is 6.08. The lowest BCUT2D eigenvalue weighted by Crippen LogP contribution is -2.41. The molecule has 0 amide bonds. The second-order valence-electron chi connectivity index (χ2n) is 6.13. The molecule has 0 aromatic heterocycles. The maximum Gasteiger partial charge on any atom is 0.317 e. The van der Waals surface area contributed by atoms with Crippen molar-refractivity contribution in [1.82, 2.24) is 0 Å². The van der Waals surface area contributed by atoms with E-state index in [0.717, 1.165) is 0 Å². The van der Waals surface area contributed by atoms with Crippen molar-refractivity contribution < 1.29 is 28.8 Å². The van der Waals surface area contributed by atoms with Crippen molar-refractivity contribution in [3.8, 4) is 0 Å². The molecule has 0 fully saturated rings. The number of nitrogens with zero attached hydrogens (tertiary/aromatic N) is 1. The van der Waals surface area contributed by atoms with Gasteiger partial charge in [0.15, 0.2) is 5.78 Å². The molecule has 2 rings (SSSR count). The van der Waals surface area contributed by atoms with Gasteiger partial charge in [-0.05, 0) is 32.4 Å². The van der Waals surface area contributed by atoms with Crippen LogP contribution in [0, 0.1) is 22.0 Å². The monoisotopic (exact) mass is 375 g/mol. The molecule has 0 N–H and O–H groups in total. The summed E-state index contributed by atoms with van der Waals surface area (Å²) in [6.07, 6.45) is 1.25. The number of benzene rings is 1. The summed E-state index contributed by atoms with van der Waals surface area (Å²) in [4.78, 5) is 48.2. The number of non-ortho nitro benzene ring substituents is 1. The maximum atomic E-state index is 12.6. The van der Waals surface area contributed by atoms with Gasteiger partial charge in [-0.15, -0.1) is 0 Å². The van der Waals surface area contributed by atoms with Crippen LogP contribution in [0.15, 0.2) is 35.9 Å². The number of carbonyl (C=O) groups is 3. The molecular weight excluding hydrogens is 354 g/mol. The summed E-state index contributed by atoms with van der Waals surface area (Å²) in [6.45, 7) is 5.05. The molecular formula is C19H21NO7. The Hall–Kier alpha value is -3.03. The molecule has 0 heterocycles. The average molecular weight is 375 g/mol. The highest BCUT2D eigenvalue weighted by Gasteiger charge is 2.48. The molecule has 1 aromatic rings. The fourth-order valence-electron chi connectivity index (χ4n) is 3.35. The number of hydrogen-bond acceptors (Lipinski definition) is 7. The van der Waals surface area contributed by atoms with Crippen molar-refractivity contribution >= 4 is 23.4 Å². The lowest BCUT2D eigenvalue weighted by Gasteiger charge is -2.34. The second kappa shape index (κ2) is 8.57. The van der Waals surface area contributed by atoms with Gasteiger partial charge in [0.1, 0.15) is 5.92 Å². The van der Waals surface area contributed by atoms with Gasteiger partial charge in [0.2, 0.25) is 0 Å². The zero-order chi connectivity index (χ0) is 20.1. The van der Waals surface area contributed by atoms with Gasteiger partial charge in [-0.3, -0.25) is 24.5 Å². The van der Waals surface area contributed by atoms with Crippen LogP contribution in [0.25, 0.3) is 0 Å². The van der Waals surface area contributed by atoms with Crippen LogP contribution in [0.3, 0.4) is 0 Å². The predicted molar refractivity (Wildman–Crippen MR) is 94.8 cm³/mol. The molecule has 0 spiro atoms. The molecule has 27 heavy (non-hydrogen) atoms. The first-order valence-corrected chi connectivity index (χ1v) is 8.61. The van der Waals surface area contributed by atoms with Gasteiger partial charge in [-0.2, -0.15) is 0 Å². The molecule has 1 aliphatic rings. The van der Waals surface area contributed by atoms with Crippen molar-refractivity contribution in [2.75, 3.05) is 13.2 Å². The zero-order valence-electron chi connectivity index (χ0n) is 15.3. The summed E-state index contributed by atoms with van der Waals surface area (Å²) in [6, 6.07) is 5.59. The van der Waals surface area contributed by atoms with E-state index in [1.165, 1.54) is 24.3 Å². The Morgan fingerprint density at radius 1 is 1.11 bits per heavy atom. The average Bonchev–Trinajstić information content (AvgIpc) is 2.61. The van der Waals surface area contributed by atoms with Crippen LogP contribution in [-0.4, -0.2) is 35.9 Å². The Bertz CT molecular complexity index is 799.